The fourth-order valence-electron chi connectivity index (χ4n) is 2.50. The summed E-state index contributed by atoms with van der Waals surface area (Å²) in [6, 6.07) is 7.40. The molecule has 1 aromatic carbocycles. The van der Waals surface area contributed by atoms with Gasteiger partial charge in [-0.15, -0.1) is 0 Å². The Balaban J connectivity index is 1.92. The van der Waals surface area contributed by atoms with E-state index >= 15 is 0 Å². The standard InChI is InChI=1S/C16H18N4O4/c1-2-12-3-5-13(6-4-12)24-16-14(20(21)22)15(17-11-18-16)19-7-9-23-10-8-19/h3-6,11H,2,7-10H2,1H3. The summed E-state index contributed by atoms with van der Waals surface area (Å²) >= 11 is 0. The van der Waals surface area contributed by atoms with E-state index in [4.69, 9.17) is 9.47 Å². The number of hydrogen-bond donors (Lipinski definition) is 0. The first kappa shape index (κ1) is 16.1. The Kier molecular flexibility index (Phi) is 4.85. The Bertz CT molecular complexity index is 715. The molecule has 0 N–H and O–H groups in total. The first-order valence-electron chi connectivity index (χ1n) is 7.78. The fourth-order valence-corrected chi connectivity index (χ4v) is 2.50. The molecule has 1 aliphatic heterocycles. The van der Waals surface area contributed by atoms with Gasteiger partial charge in [-0.1, -0.05) is 19.1 Å². The minimum Gasteiger partial charge on any atom is -0.434 e. The quantitative estimate of drug-likeness (QED) is 0.614. The van der Waals surface area contributed by atoms with Crippen molar-refractivity contribution in [1.29, 1.82) is 0 Å². The Hall–Kier alpha value is -2.74. The molecule has 1 aliphatic rings. The number of hydrogen-bond acceptors (Lipinski definition) is 7. The number of ether oxygens (including phenoxy) is 2. The van der Waals surface area contributed by atoms with Gasteiger partial charge in [0.2, 0.25) is 5.82 Å². The van der Waals surface area contributed by atoms with Gasteiger partial charge in [0.05, 0.1) is 18.1 Å². The molecule has 0 saturated carbocycles. The Morgan fingerprint density at radius 2 is 1.96 bits per heavy atom. The lowest BCUT2D eigenvalue weighted by Gasteiger charge is -2.27. The molecule has 1 aromatic heterocycles. The number of aromatic nitrogens is 2. The van der Waals surface area contributed by atoms with Crippen molar-refractivity contribution in [3.8, 4) is 11.6 Å². The Morgan fingerprint density at radius 1 is 1.25 bits per heavy atom. The first-order chi connectivity index (χ1) is 11.7. The molecule has 0 bridgehead atoms. The van der Waals surface area contributed by atoms with Crippen molar-refractivity contribution in [1.82, 2.24) is 9.97 Å². The molecule has 8 heteroatoms. The highest BCUT2D eigenvalue weighted by molar-refractivity contribution is 5.63. The number of anilines is 1. The van der Waals surface area contributed by atoms with E-state index in [0.29, 0.717) is 32.1 Å². The van der Waals surface area contributed by atoms with Gasteiger partial charge < -0.3 is 14.4 Å². The van der Waals surface area contributed by atoms with Gasteiger partial charge >= 0.3 is 11.6 Å². The maximum atomic E-state index is 11.6. The number of rotatable bonds is 5. The van der Waals surface area contributed by atoms with E-state index in [-0.39, 0.29) is 17.4 Å². The molecule has 0 aliphatic carbocycles. The highest BCUT2D eigenvalue weighted by Crippen LogP contribution is 2.36. The molecule has 2 aromatic rings. The van der Waals surface area contributed by atoms with Crippen LogP contribution in [0.4, 0.5) is 11.5 Å². The molecule has 0 atom stereocenters. The van der Waals surface area contributed by atoms with E-state index in [0.717, 1.165) is 12.0 Å². The van der Waals surface area contributed by atoms with E-state index < -0.39 is 4.92 Å². The Morgan fingerprint density at radius 3 is 2.58 bits per heavy atom. The van der Waals surface area contributed by atoms with Crippen LogP contribution in [0.5, 0.6) is 11.6 Å². The summed E-state index contributed by atoms with van der Waals surface area (Å²) in [7, 11) is 0. The molecule has 0 spiro atoms. The maximum Gasteiger partial charge on any atom is 0.373 e. The van der Waals surface area contributed by atoms with Crippen LogP contribution in [0.2, 0.25) is 0 Å². The third kappa shape index (κ3) is 3.43. The van der Waals surface area contributed by atoms with Crippen LogP contribution in [0.1, 0.15) is 12.5 Å². The average molecular weight is 330 g/mol. The highest BCUT2D eigenvalue weighted by atomic mass is 16.6. The third-order valence-electron chi connectivity index (χ3n) is 3.81. The molecule has 0 radical (unpaired) electrons. The second kappa shape index (κ2) is 7.22. The molecular weight excluding hydrogens is 312 g/mol. The lowest BCUT2D eigenvalue weighted by atomic mass is 10.2. The molecule has 1 saturated heterocycles. The zero-order valence-corrected chi connectivity index (χ0v) is 13.3. The smallest absolute Gasteiger partial charge is 0.373 e. The maximum absolute atomic E-state index is 11.6. The molecule has 0 amide bonds. The molecule has 3 rings (SSSR count). The van der Waals surface area contributed by atoms with E-state index in [1.807, 2.05) is 17.0 Å². The van der Waals surface area contributed by atoms with Crippen LogP contribution >= 0.6 is 0 Å². The molecule has 0 unspecified atom stereocenters. The summed E-state index contributed by atoms with van der Waals surface area (Å²) in [4.78, 5) is 20.9. The first-order valence-corrected chi connectivity index (χ1v) is 7.78. The monoisotopic (exact) mass is 330 g/mol. The normalized spacial score (nSPS) is 14.5. The zero-order chi connectivity index (χ0) is 16.9. The number of benzene rings is 1. The van der Waals surface area contributed by atoms with Crippen LogP contribution < -0.4 is 9.64 Å². The molecule has 126 valence electrons. The number of morpholine rings is 1. The van der Waals surface area contributed by atoms with E-state index in [1.54, 1.807) is 12.1 Å². The van der Waals surface area contributed by atoms with Crippen LogP contribution in [0, 0.1) is 10.1 Å². The van der Waals surface area contributed by atoms with Crippen LogP contribution in [0.15, 0.2) is 30.6 Å². The van der Waals surface area contributed by atoms with E-state index in [2.05, 4.69) is 16.9 Å². The number of nitrogens with zero attached hydrogens (tertiary/aromatic N) is 4. The van der Waals surface area contributed by atoms with E-state index in [1.165, 1.54) is 6.33 Å². The van der Waals surface area contributed by atoms with Crippen molar-refractivity contribution in [3.05, 3.63) is 46.3 Å². The van der Waals surface area contributed by atoms with Crippen LogP contribution in [-0.2, 0) is 11.2 Å². The molecule has 8 nitrogen and oxygen atoms in total. The van der Waals surface area contributed by atoms with Crippen molar-refractivity contribution in [2.75, 3.05) is 31.2 Å². The summed E-state index contributed by atoms with van der Waals surface area (Å²) in [5.41, 5.74) is 0.938. The molecule has 2 heterocycles. The lowest BCUT2D eigenvalue weighted by molar-refractivity contribution is -0.385. The zero-order valence-electron chi connectivity index (χ0n) is 13.3. The van der Waals surface area contributed by atoms with Crippen LogP contribution in [0.3, 0.4) is 0 Å². The van der Waals surface area contributed by atoms with Crippen molar-refractivity contribution in [2.45, 2.75) is 13.3 Å². The average Bonchev–Trinajstić information content (AvgIpc) is 2.62. The molecular formula is C16H18N4O4. The summed E-state index contributed by atoms with van der Waals surface area (Å²) in [5, 5.41) is 11.6. The second-order valence-electron chi connectivity index (χ2n) is 5.31. The van der Waals surface area contributed by atoms with Gasteiger partial charge in [-0.2, -0.15) is 4.98 Å². The summed E-state index contributed by atoms with van der Waals surface area (Å²) in [6.07, 6.45) is 2.20. The largest absolute Gasteiger partial charge is 0.434 e. The summed E-state index contributed by atoms with van der Waals surface area (Å²) < 4.78 is 10.9. The van der Waals surface area contributed by atoms with Crippen molar-refractivity contribution in [2.24, 2.45) is 0 Å². The lowest BCUT2D eigenvalue weighted by Crippen LogP contribution is -2.37. The minimum absolute atomic E-state index is 0.0549. The van der Waals surface area contributed by atoms with Gasteiger partial charge in [-0.25, -0.2) is 4.98 Å². The topological polar surface area (TPSA) is 90.6 Å². The van der Waals surface area contributed by atoms with Crippen molar-refractivity contribution < 1.29 is 14.4 Å². The summed E-state index contributed by atoms with van der Waals surface area (Å²) in [5.74, 6) is 0.709. The van der Waals surface area contributed by atoms with Crippen LogP contribution in [0.25, 0.3) is 0 Å². The van der Waals surface area contributed by atoms with Crippen molar-refractivity contribution >= 4 is 11.5 Å². The predicted octanol–water partition coefficient (Wildman–Crippen LogP) is 2.58. The minimum atomic E-state index is -0.499. The van der Waals surface area contributed by atoms with Crippen molar-refractivity contribution in [3.63, 3.8) is 0 Å². The molecule has 24 heavy (non-hydrogen) atoms. The SMILES string of the molecule is CCc1ccc(Oc2ncnc(N3CCOCC3)c2[N+](=O)[O-])cc1. The third-order valence-corrected chi connectivity index (χ3v) is 3.81. The van der Waals surface area contributed by atoms with Gasteiger partial charge in [0, 0.05) is 13.1 Å². The van der Waals surface area contributed by atoms with Gasteiger partial charge in [-0.3, -0.25) is 10.1 Å². The summed E-state index contributed by atoms with van der Waals surface area (Å²) in [6.45, 7) is 4.16. The van der Waals surface area contributed by atoms with Gasteiger partial charge in [0.1, 0.15) is 12.1 Å². The Labute approximate surface area is 139 Å². The second-order valence-corrected chi connectivity index (χ2v) is 5.31. The van der Waals surface area contributed by atoms with E-state index in [9.17, 15) is 10.1 Å². The van der Waals surface area contributed by atoms with Gasteiger partial charge in [0.15, 0.2) is 0 Å². The van der Waals surface area contributed by atoms with Crippen LogP contribution in [-0.4, -0.2) is 41.2 Å². The highest BCUT2D eigenvalue weighted by Gasteiger charge is 2.29. The number of nitro groups is 1. The van der Waals surface area contributed by atoms with Gasteiger partial charge in [0.25, 0.3) is 0 Å². The molecule has 1 fully saturated rings. The van der Waals surface area contributed by atoms with Gasteiger partial charge in [-0.05, 0) is 24.1 Å². The number of aryl methyl sites for hydroxylation is 1. The fraction of sp³-hybridized carbons (Fsp3) is 0.375. The predicted molar refractivity (Wildman–Crippen MR) is 87.6 cm³/mol.